The van der Waals surface area contributed by atoms with Gasteiger partial charge in [0.2, 0.25) is 6.79 Å². The maximum atomic E-state index is 14.2. The molecule has 0 atom stereocenters. The molecule has 1 aromatic heterocycles. The van der Waals surface area contributed by atoms with Gasteiger partial charge in [0.25, 0.3) is 0 Å². The van der Waals surface area contributed by atoms with Crippen molar-refractivity contribution in [1.29, 1.82) is 0 Å². The number of hydrogen-bond acceptors (Lipinski definition) is 6. The van der Waals surface area contributed by atoms with E-state index in [-0.39, 0.29) is 12.8 Å². The van der Waals surface area contributed by atoms with Crippen molar-refractivity contribution in [3.63, 3.8) is 0 Å². The summed E-state index contributed by atoms with van der Waals surface area (Å²) in [6, 6.07) is 8.35. The fourth-order valence-electron chi connectivity index (χ4n) is 3.11. The molecule has 28 heavy (non-hydrogen) atoms. The molecule has 0 saturated carbocycles. The number of rotatable bonds is 4. The number of halogens is 1. The fourth-order valence-corrected chi connectivity index (χ4v) is 3.11. The van der Waals surface area contributed by atoms with E-state index in [9.17, 15) is 4.39 Å². The number of benzene rings is 2. The first kappa shape index (κ1) is 17.8. The molecule has 2 heterocycles. The molecule has 1 aliphatic rings. The number of guanidine groups is 1. The van der Waals surface area contributed by atoms with Crippen LogP contribution >= 0.6 is 0 Å². The van der Waals surface area contributed by atoms with Crippen LogP contribution in [0.3, 0.4) is 0 Å². The monoisotopic (exact) mass is 382 g/mol. The first-order valence-corrected chi connectivity index (χ1v) is 8.56. The van der Waals surface area contributed by atoms with Gasteiger partial charge in [-0.25, -0.2) is 14.4 Å². The van der Waals surface area contributed by atoms with E-state index in [0.717, 1.165) is 5.56 Å². The Balaban J connectivity index is 1.84. The Hall–Kier alpha value is -3.62. The van der Waals surface area contributed by atoms with E-state index in [1.165, 1.54) is 12.1 Å². The largest absolute Gasteiger partial charge is 0.454 e. The van der Waals surface area contributed by atoms with Crippen LogP contribution in [-0.4, -0.2) is 36.8 Å². The SMILES string of the molecule is CN(C)c1cc(F)cc2nc(Cc3ccc4c(c3)OCO4)nc(N=C(N)N)c12. The summed E-state index contributed by atoms with van der Waals surface area (Å²) in [4.78, 5) is 15.0. The van der Waals surface area contributed by atoms with Gasteiger partial charge in [0.15, 0.2) is 23.3 Å². The molecule has 4 N–H and O–H groups in total. The minimum Gasteiger partial charge on any atom is -0.454 e. The molecule has 0 spiro atoms. The zero-order valence-corrected chi connectivity index (χ0v) is 15.4. The normalized spacial score (nSPS) is 12.2. The first-order chi connectivity index (χ1) is 13.4. The molecule has 0 fully saturated rings. The topological polar surface area (TPSA) is 112 Å². The average molecular weight is 382 g/mol. The van der Waals surface area contributed by atoms with Crippen LogP contribution in [0.1, 0.15) is 11.4 Å². The zero-order valence-electron chi connectivity index (χ0n) is 15.4. The molecule has 144 valence electrons. The number of ether oxygens (including phenoxy) is 2. The minimum absolute atomic E-state index is 0.136. The Bertz CT molecular complexity index is 1100. The number of fused-ring (bicyclic) bond motifs is 2. The van der Waals surface area contributed by atoms with Crippen molar-refractivity contribution in [2.45, 2.75) is 6.42 Å². The van der Waals surface area contributed by atoms with Gasteiger partial charge in [-0.2, -0.15) is 4.99 Å². The molecule has 1 aliphatic heterocycles. The Kier molecular flexibility index (Phi) is 4.34. The van der Waals surface area contributed by atoms with Crippen molar-refractivity contribution in [2.24, 2.45) is 16.5 Å². The highest BCUT2D eigenvalue weighted by atomic mass is 19.1. The predicted octanol–water partition coefficient (Wildman–Crippen LogP) is 2.06. The first-order valence-electron chi connectivity index (χ1n) is 8.56. The summed E-state index contributed by atoms with van der Waals surface area (Å²) in [5.74, 6) is 1.58. The summed E-state index contributed by atoms with van der Waals surface area (Å²) in [6.45, 7) is 0.201. The second kappa shape index (κ2) is 6.84. The summed E-state index contributed by atoms with van der Waals surface area (Å²) < 4.78 is 24.9. The molecule has 0 aliphatic carbocycles. The van der Waals surface area contributed by atoms with Crippen molar-refractivity contribution in [2.75, 3.05) is 25.8 Å². The van der Waals surface area contributed by atoms with E-state index in [1.54, 1.807) is 19.0 Å². The average Bonchev–Trinajstić information content (AvgIpc) is 3.07. The lowest BCUT2D eigenvalue weighted by atomic mass is 10.1. The standard InChI is InChI=1S/C19H19FN6O2/c1-26(2)13-8-11(20)7-12-17(13)18(25-19(21)22)24-16(23-12)6-10-3-4-14-15(5-10)28-9-27-14/h3-5,7-8H,6,9H2,1-2H3,(H4,21,22,23,24,25). The second-order valence-corrected chi connectivity index (χ2v) is 6.58. The zero-order chi connectivity index (χ0) is 19.8. The molecule has 8 nitrogen and oxygen atoms in total. The van der Waals surface area contributed by atoms with E-state index in [0.29, 0.717) is 46.2 Å². The summed E-state index contributed by atoms with van der Waals surface area (Å²) in [5, 5.41) is 0.578. The lowest BCUT2D eigenvalue weighted by molar-refractivity contribution is 0.174. The highest BCUT2D eigenvalue weighted by Crippen LogP contribution is 2.35. The summed E-state index contributed by atoms with van der Waals surface area (Å²) in [7, 11) is 3.60. The Morgan fingerprint density at radius 3 is 2.68 bits per heavy atom. The maximum Gasteiger partial charge on any atom is 0.231 e. The van der Waals surface area contributed by atoms with Crippen molar-refractivity contribution < 1.29 is 13.9 Å². The van der Waals surface area contributed by atoms with Crippen LogP contribution in [0.5, 0.6) is 11.5 Å². The number of aromatic nitrogens is 2. The van der Waals surface area contributed by atoms with Crippen molar-refractivity contribution in [1.82, 2.24) is 9.97 Å². The van der Waals surface area contributed by atoms with Crippen molar-refractivity contribution in [3.8, 4) is 11.5 Å². The van der Waals surface area contributed by atoms with Gasteiger partial charge >= 0.3 is 0 Å². The molecule has 3 aromatic rings. The Morgan fingerprint density at radius 1 is 1.14 bits per heavy atom. The third kappa shape index (κ3) is 3.34. The van der Waals surface area contributed by atoms with E-state index in [2.05, 4.69) is 15.0 Å². The van der Waals surface area contributed by atoms with Crippen LogP contribution in [0.15, 0.2) is 35.3 Å². The van der Waals surface area contributed by atoms with Gasteiger partial charge in [0, 0.05) is 26.6 Å². The Labute approximate surface area is 160 Å². The van der Waals surface area contributed by atoms with Gasteiger partial charge in [-0.15, -0.1) is 0 Å². The molecule has 0 unspecified atom stereocenters. The van der Waals surface area contributed by atoms with Crippen LogP contribution in [0.25, 0.3) is 10.9 Å². The van der Waals surface area contributed by atoms with Crippen LogP contribution in [-0.2, 0) is 6.42 Å². The molecule has 0 amide bonds. The quantitative estimate of drug-likeness (QED) is 0.525. The number of anilines is 1. The van der Waals surface area contributed by atoms with Crippen LogP contribution in [0, 0.1) is 5.82 Å². The van der Waals surface area contributed by atoms with Gasteiger partial charge in [0.1, 0.15) is 11.6 Å². The lowest BCUT2D eigenvalue weighted by Crippen LogP contribution is -2.22. The van der Waals surface area contributed by atoms with Crippen LogP contribution in [0.2, 0.25) is 0 Å². The highest BCUT2D eigenvalue weighted by molar-refractivity contribution is 6.00. The van der Waals surface area contributed by atoms with Gasteiger partial charge < -0.3 is 25.8 Å². The van der Waals surface area contributed by atoms with Crippen molar-refractivity contribution in [3.05, 3.63) is 47.5 Å². The number of nitrogens with zero attached hydrogens (tertiary/aromatic N) is 4. The maximum absolute atomic E-state index is 14.2. The van der Waals surface area contributed by atoms with Crippen LogP contribution in [0.4, 0.5) is 15.9 Å². The van der Waals surface area contributed by atoms with Gasteiger partial charge in [-0.05, 0) is 23.8 Å². The van der Waals surface area contributed by atoms with Gasteiger partial charge in [-0.1, -0.05) is 6.07 Å². The number of aliphatic imine (C=N–C) groups is 1. The smallest absolute Gasteiger partial charge is 0.231 e. The third-order valence-corrected chi connectivity index (χ3v) is 4.29. The highest BCUT2D eigenvalue weighted by Gasteiger charge is 2.17. The van der Waals surface area contributed by atoms with E-state index in [1.807, 2.05) is 18.2 Å². The van der Waals surface area contributed by atoms with Crippen molar-refractivity contribution >= 4 is 28.4 Å². The second-order valence-electron chi connectivity index (χ2n) is 6.58. The molecule has 0 bridgehead atoms. The fraction of sp³-hybridized carbons (Fsp3) is 0.211. The summed E-state index contributed by atoms with van der Waals surface area (Å²) in [6.07, 6.45) is 0.396. The molecular formula is C19H19FN6O2. The number of hydrogen-bond donors (Lipinski definition) is 2. The Morgan fingerprint density at radius 2 is 1.93 bits per heavy atom. The third-order valence-electron chi connectivity index (χ3n) is 4.29. The lowest BCUT2D eigenvalue weighted by Gasteiger charge is -2.17. The number of nitrogens with two attached hydrogens (primary N) is 2. The summed E-state index contributed by atoms with van der Waals surface area (Å²) in [5.41, 5.74) is 13.1. The summed E-state index contributed by atoms with van der Waals surface area (Å²) >= 11 is 0. The van der Waals surface area contributed by atoms with E-state index < -0.39 is 5.82 Å². The van der Waals surface area contributed by atoms with E-state index >= 15 is 0 Å². The molecule has 4 rings (SSSR count). The predicted molar refractivity (Wildman–Crippen MR) is 105 cm³/mol. The molecule has 0 radical (unpaired) electrons. The van der Waals surface area contributed by atoms with E-state index in [4.69, 9.17) is 20.9 Å². The molecular weight excluding hydrogens is 363 g/mol. The van der Waals surface area contributed by atoms with Gasteiger partial charge in [0.05, 0.1) is 16.6 Å². The van der Waals surface area contributed by atoms with Gasteiger partial charge in [-0.3, -0.25) is 0 Å². The molecule has 0 saturated heterocycles. The molecule has 9 heteroatoms. The van der Waals surface area contributed by atoms with Crippen LogP contribution < -0.4 is 25.8 Å². The minimum atomic E-state index is -0.403. The molecule has 2 aromatic carbocycles.